The molecule has 0 radical (unpaired) electrons. The van der Waals surface area contributed by atoms with Gasteiger partial charge in [-0.1, -0.05) is 39.0 Å². The van der Waals surface area contributed by atoms with Crippen molar-refractivity contribution in [2.24, 2.45) is 5.41 Å². The number of rotatable bonds is 6. The van der Waals surface area contributed by atoms with Gasteiger partial charge in [-0.25, -0.2) is 4.79 Å². The van der Waals surface area contributed by atoms with Crippen molar-refractivity contribution in [1.82, 2.24) is 4.90 Å². The van der Waals surface area contributed by atoms with Gasteiger partial charge in [-0.15, -0.1) is 0 Å². The van der Waals surface area contributed by atoms with Crippen LogP contribution < -0.4 is 4.74 Å². The number of amides is 1. The smallest absolute Gasteiger partial charge is 0.410 e. The van der Waals surface area contributed by atoms with E-state index in [4.69, 9.17) is 9.47 Å². The first-order valence-corrected chi connectivity index (χ1v) is 8.68. The molecule has 1 rings (SSSR count). The molecule has 1 aromatic carbocycles. The van der Waals surface area contributed by atoms with Gasteiger partial charge >= 0.3 is 6.09 Å². The average Bonchev–Trinajstić information content (AvgIpc) is 2.44. The summed E-state index contributed by atoms with van der Waals surface area (Å²) in [5.74, 6) is 0.750. The predicted octanol–water partition coefficient (Wildman–Crippen LogP) is 5.43. The van der Waals surface area contributed by atoms with Crippen LogP contribution in [-0.4, -0.2) is 30.2 Å². The highest BCUT2D eigenvalue weighted by atomic mass is 16.6. The number of nitrogens with zero attached hydrogens (tertiary/aromatic N) is 1. The second-order valence-electron chi connectivity index (χ2n) is 7.97. The molecule has 0 aromatic heterocycles. The van der Waals surface area contributed by atoms with Gasteiger partial charge in [0.05, 0.1) is 7.11 Å². The number of benzene rings is 1. The Kier molecular flexibility index (Phi) is 7.12. The Bertz CT molecular complexity index is 524. The fourth-order valence-corrected chi connectivity index (χ4v) is 2.90. The predicted molar refractivity (Wildman–Crippen MR) is 98.4 cm³/mol. The molecule has 0 N–H and O–H groups in total. The second-order valence-corrected chi connectivity index (χ2v) is 7.97. The highest BCUT2D eigenvalue weighted by Gasteiger charge is 2.29. The summed E-state index contributed by atoms with van der Waals surface area (Å²) in [6, 6.07) is 7.92. The highest BCUT2D eigenvalue weighted by molar-refractivity contribution is 5.69. The molecule has 0 unspecified atom stereocenters. The number of methoxy groups -OCH3 is 1. The lowest BCUT2D eigenvalue weighted by Crippen LogP contribution is -2.43. The van der Waals surface area contributed by atoms with Crippen molar-refractivity contribution in [2.75, 3.05) is 7.11 Å². The van der Waals surface area contributed by atoms with Crippen LogP contribution in [0.2, 0.25) is 0 Å². The van der Waals surface area contributed by atoms with Crippen molar-refractivity contribution in [3.8, 4) is 5.75 Å². The first-order chi connectivity index (χ1) is 11.1. The number of carbonyl (C=O) groups excluding carboxylic acids is 1. The van der Waals surface area contributed by atoms with Crippen LogP contribution in [0.4, 0.5) is 4.79 Å². The Morgan fingerprint density at radius 1 is 1.08 bits per heavy atom. The van der Waals surface area contributed by atoms with E-state index in [1.807, 2.05) is 52.0 Å². The Hall–Kier alpha value is -1.71. The molecule has 0 aliphatic heterocycles. The van der Waals surface area contributed by atoms with Crippen LogP contribution >= 0.6 is 0 Å². The van der Waals surface area contributed by atoms with Gasteiger partial charge in [-0.3, -0.25) is 0 Å². The van der Waals surface area contributed by atoms with Gasteiger partial charge in [0.25, 0.3) is 0 Å². The van der Waals surface area contributed by atoms with E-state index >= 15 is 0 Å². The molecular formula is C20H33NO3. The fourth-order valence-electron chi connectivity index (χ4n) is 2.90. The van der Waals surface area contributed by atoms with Crippen molar-refractivity contribution in [1.29, 1.82) is 0 Å². The minimum absolute atomic E-state index is 0.0201. The molecule has 4 heteroatoms. The summed E-state index contributed by atoms with van der Waals surface area (Å²) in [4.78, 5) is 14.5. The average molecular weight is 335 g/mol. The lowest BCUT2D eigenvalue weighted by atomic mass is 9.86. The first kappa shape index (κ1) is 20.3. The number of ether oxygens (including phenoxy) is 2. The van der Waals surface area contributed by atoms with E-state index in [1.54, 1.807) is 12.0 Å². The van der Waals surface area contributed by atoms with Crippen LogP contribution in [0.25, 0.3) is 0 Å². The molecule has 0 saturated heterocycles. The summed E-state index contributed by atoms with van der Waals surface area (Å²) in [6.45, 7) is 14.4. The first-order valence-electron chi connectivity index (χ1n) is 8.68. The van der Waals surface area contributed by atoms with Crippen molar-refractivity contribution in [3.05, 3.63) is 29.8 Å². The van der Waals surface area contributed by atoms with E-state index < -0.39 is 0 Å². The van der Waals surface area contributed by atoms with Crippen LogP contribution in [0, 0.1) is 5.41 Å². The van der Waals surface area contributed by atoms with E-state index in [0.29, 0.717) is 0 Å². The molecule has 0 heterocycles. The van der Waals surface area contributed by atoms with Crippen LogP contribution in [0.15, 0.2) is 24.3 Å². The second kappa shape index (κ2) is 8.41. The van der Waals surface area contributed by atoms with E-state index in [1.165, 1.54) is 0 Å². The summed E-state index contributed by atoms with van der Waals surface area (Å²) >= 11 is 0. The van der Waals surface area contributed by atoms with Crippen molar-refractivity contribution < 1.29 is 14.3 Å². The maximum Gasteiger partial charge on any atom is 0.410 e. The number of para-hydroxylation sites is 1. The standard InChI is InChI=1S/C20H33NO3/c1-14(2)21(15(3)4)19(22)24-18(13-20(5,6)7)16-11-9-10-12-17(16)23-8/h9-12,14-15,18H,13H2,1-8H3/t18-/m0/s1. The summed E-state index contributed by atoms with van der Waals surface area (Å²) in [6.07, 6.45) is 0.108. The monoisotopic (exact) mass is 335 g/mol. The highest BCUT2D eigenvalue weighted by Crippen LogP contribution is 2.37. The molecule has 4 nitrogen and oxygen atoms in total. The Labute approximate surface area is 147 Å². The number of hydrogen-bond acceptors (Lipinski definition) is 3. The molecular weight excluding hydrogens is 302 g/mol. The molecule has 0 spiro atoms. The molecule has 0 fully saturated rings. The van der Waals surface area contributed by atoms with E-state index in [0.717, 1.165) is 17.7 Å². The van der Waals surface area contributed by atoms with Crippen LogP contribution in [0.3, 0.4) is 0 Å². The quantitative estimate of drug-likeness (QED) is 0.696. The van der Waals surface area contributed by atoms with Crippen LogP contribution in [0.5, 0.6) is 5.75 Å². The Morgan fingerprint density at radius 3 is 2.08 bits per heavy atom. The number of hydrogen-bond donors (Lipinski definition) is 0. The number of carbonyl (C=O) groups is 1. The third kappa shape index (κ3) is 5.73. The molecule has 0 aliphatic rings. The minimum Gasteiger partial charge on any atom is -0.496 e. The van der Waals surface area contributed by atoms with Gasteiger partial charge < -0.3 is 14.4 Å². The van der Waals surface area contributed by atoms with Crippen LogP contribution in [-0.2, 0) is 4.74 Å². The normalized spacial score (nSPS) is 13.1. The third-order valence-electron chi connectivity index (χ3n) is 3.85. The Morgan fingerprint density at radius 2 is 1.62 bits per heavy atom. The van der Waals surface area contributed by atoms with Crippen molar-refractivity contribution in [3.63, 3.8) is 0 Å². The largest absolute Gasteiger partial charge is 0.496 e. The van der Waals surface area contributed by atoms with Crippen molar-refractivity contribution >= 4 is 6.09 Å². The molecule has 24 heavy (non-hydrogen) atoms. The zero-order chi connectivity index (χ0) is 18.5. The molecule has 0 aliphatic carbocycles. The molecule has 0 bridgehead atoms. The maximum absolute atomic E-state index is 12.8. The molecule has 1 amide bonds. The SMILES string of the molecule is COc1ccccc1[C@H](CC(C)(C)C)OC(=O)N(C(C)C)C(C)C. The zero-order valence-corrected chi connectivity index (χ0v) is 16.4. The maximum atomic E-state index is 12.8. The topological polar surface area (TPSA) is 38.8 Å². The summed E-state index contributed by atoms with van der Waals surface area (Å²) in [5.41, 5.74) is 0.933. The van der Waals surface area contributed by atoms with E-state index in [2.05, 4.69) is 20.8 Å². The van der Waals surface area contributed by atoms with E-state index in [9.17, 15) is 4.79 Å². The van der Waals surface area contributed by atoms with Gasteiger partial charge in [0.15, 0.2) is 0 Å². The summed E-state index contributed by atoms with van der Waals surface area (Å²) < 4.78 is 11.4. The van der Waals surface area contributed by atoms with Gasteiger partial charge in [-0.2, -0.15) is 0 Å². The van der Waals surface area contributed by atoms with Gasteiger partial charge in [0.2, 0.25) is 0 Å². The zero-order valence-electron chi connectivity index (χ0n) is 16.4. The van der Waals surface area contributed by atoms with Gasteiger partial charge in [0.1, 0.15) is 11.9 Å². The fraction of sp³-hybridized carbons (Fsp3) is 0.650. The lowest BCUT2D eigenvalue weighted by Gasteiger charge is -2.33. The van der Waals surface area contributed by atoms with Gasteiger partial charge in [0, 0.05) is 17.6 Å². The molecule has 1 aromatic rings. The van der Waals surface area contributed by atoms with Gasteiger partial charge in [-0.05, 0) is 45.6 Å². The Balaban J connectivity index is 3.13. The minimum atomic E-state index is -0.339. The lowest BCUT2D eigenvalue weighted by molar-refractivity contribution is 0.0281. The van der Waals surface area contributed by atoms with Crippen LogP contribution in [0.1, 0.15) is 66.6 Å². The van der Waals surface area contributed by atoms with Crippen molar-refractivity contribution in [2.45, 2.75) is 73.1 Å². The molecule has 0 saturated carbocycles. The third-order valence-corrected chi connectivity index (χ3v) is 3.85. The molecule has 1 atom stereocenters. The summed E-state index contributed by atoms with van der Waals surface area (Å²) in [7, 11) is 1.64. The summed E-state index contributed by atoms with van der Waals surface area (Å²) in [5, 5.41) is 0. The van der Waals surface area contributed by atoms with E-state index in [-0.39, 0.29) is 29.7 Å². The molecule has 136 valence electrons.